The summed E-state index contributed by atoms with van der Waals surface area (Å²) in [6.45, 7) is 16.0. The van der Waals surface area contributed by atoms with Crippen molar-refractivity contribution >= 4 is 11.4 Å². The lowest BCUT2D eigenvalue weighted by molar-refractivity contribution is -0.344. The van der Waals surface area contributed by atoms with Crippen molar-refractivity contribution in [1.82, 2.24) is 0 Å². The molecule has 0 unspecified atom stereocenters. The van der Waals surface area contributed by atoms with Crippen LogP contribution >= 0.6 is 0 Å². The maximum Gasteiger partial charge on any atom is 0.214 e. The van der Waals surface area contributed by atoms with Crippen molar-refractivity contribution in [2.24, 2.45) is 0 Å². The number of hydrogen-bond acceptors (Lipinski definition) is 0. The number of benzene rings is 2. The normalized spacial score (nSPS) is 13.4. The zero-order valence-electron chi connectivity index (χ0n) is 32.3. The van der Waals surface area contributed by atoms with Crippen LogP contribution in [0.1, 0.15) is 189 Å². The molecule has 1 aliphatic rings. The molecule has 2 nitrogen and oxygen atoms in total. The molecule has 0 saturated carbocycles. The fraction of sp³-hybridized carbons (Fsp3) is 0.609. The first-order valence-corrected chi connectivity index (χ1v) is 20.4. The molecule has 2 aromatic carbocycles. The highest BCUT2D eigenvalue weighted by Gasteiger charge is 2.30. The Hall–Kier alpha value is -2.74. The summed E-state index contributed by atoms with van der Waals surface area (Å²) in [6.07, 6.45) is 32.8. The second kappa shape index (κ2) is 22.1. The van der Waals surface area contributed by atoms with E-state index in [9.17, 15) is 5.53 Å². The van der Waals surface area contributed by atoms with Gasteiger partial charge in [-0.05, 0) is 122 Å². The lowest BCUT2D eigenvalue weighted by atomic mass is 9.90. The Morgan fingerprint density at radius 3 is 1.38 bits per heavy atom. The predicted octanol–water partition coefficient (Wildman–Crippen LogP) is 14.3. The molecule has 0 aromatic heterocycles. The molecule has 0 saturated heterocycles. The van der Waals surface area contributed by atoms with Gasteiger partial charge in [0.05, 0.1) is 5.57 Å². The van der Waals surface area contributed by atoms with Crippen LogP contribution in [0, 0.1) is 0 Å². The van der Waals surface area contributed by atoms with Crippen LogP contribution in [0.2, 0.25) is 0 Å². The van der Waals surface area contributed by atoms with E-state index in [-0.39, 0.29) is 0 Å². The third-order valence-corrected chi connectivity index (χ3v) is 10.6. The number of nitrogens with zero attached hydrogens (tertiary/aromatic N) is 2. The summed E-state index contributed by atoms with van der Waals surface area (Å²) >= 11 is 0. The molecule has 2 heteroatoms. The molecule has 0 aliphatic carbocycles. The van der Waals surface area contributed by atoms with Crippen LogP contribution in [0.3, 0.4) is 0 Å². The molecule has 0 spiro atoms. The molecule has 0 N–H and O–H groups in total. The zero-order valence-corrected chi connectivity index (χ0v) is 32.3. The first kappa shape index (κ1) is 39.7. The number of allylic oxidation sites excluding steroid dienone is 4. The van der Waals surface area contributed by atoms with Crippen molar-refractivity contribution in [2.45, 2.75) is 183 Å². The molecule has 264 valence electrons. The summed E-state index contributed by atoms with van der Waals surface area (Å²) in [5, 5.41) is 0. The Morgan fingerprint density at radius 2 is 0.938 bits per heavy atom. The van der Waals surface area contributed by atoms with E-state index in [0.717, 1.165) is 73.0 Å². The highest BCUT2D eigenvalue weighted by Crippen LogP contribution is 2.39. The SMILES string of the molecule is CCCCCCCCCCCCC=CC1=C(c2cc(CC)c(CCCC)c(CC)c2)[N+](=[N-])C(c2cc(CC)c(CCCC)c(CC)c2)=C1. The van der Waals surface area contributed by atoms with Gasteiger partial charge in [-0.3, -0.25) is 0 Å². The van der Waals surface area contributed by atoms with E-state index in [1.807, 2.05) is 0 Å². The zero-order chi connectivity index (χ0) is 34.7. The van der Waals surface area contributed by atoms with E-state index in [1.165, 1.54) is 128 Å². The highest BCUT2D eigenvalue weighted by atomic mass is 15.2. The molecule has 0 fully saturated rings. The van der Waals surface area contributed by atoms with Crippen molar-refractivity contribution in [2.75, 3.05) is 0 Å². The van der Waals surface area contributed by atoms with Gasteiger partial charge in [0.25, 0.3) is 0 Å². The molecular formula is C46H70N2. The first-order chi connectivity index (χ1) is 23.5. The van der Waals surface area contributed by atoms with E-state index in [1.54, 1.807) is 0 Å². The molecule has 0 amide bonds. The van der Waals surface area contributed by atoms with Gasteiger partial charge in [-0.2, -0.15) is 0 Å². The first-order valence-electron chi connectivity index (χ1n) is 20.4. The topological polar surface area (TPSA) is 25.3 Å². The minimum absolute atomic E-state index is 0.904. The fourth-order valence-electron chi connectivity index (χ4n) is 7.59. The third-order valence-electron chi connectivity index (χ3n) is 10.6. The molecule has 0 radical (unpaired) electrons. The van der Waals surface area contributed by atoms with Gasteiger partial charge in [-0.25, -0.2) is 4.70 Å². The number of hydrogen-bond donors (Lipinski definition) is 0. The van der Waals surface area contributed by atoms with E-state index < -0.39 is 0 Å². The van der Waals surface area contributed by atoms with Gasteiger partial charge in [-0.1, -0.05) is 131 Å². The van der Waals surface area contributed by atoms with E-state index in [2.05, 4.69) is 91.0 Å². The molecule has 0 atom stereocenters. The van der Waals surface area contributed by atoms with E-state index in [0.29, 0.717) is 0 Å². The maximum absolute atomic E-state index is 12.1. The summed E-state index contributed by atoms with van der Waals surface area (Å²) in [5.74, 6) is 0. The van der Waals surface area contributed by atoms with Crippen molar-refractivity contribution in [3.63, 3.8) is 0 Å². The summed E-state index contributed by atoms with van der Waals surface area (Å²) in [5.41, 5.74) is 26.1. The van der Waals surface area contributed by atoms with E-state index in [4.69, 9.17) is 0 Å². The Kier molecular flexibility index (Phi) is 18.3. The van der Waals surface area contributed by atoms with Gasteiger partial charge in [0, 0.05) is 17.2 Å². The summed E-state index contributed by atoms with van der Waals surface area (Å²) in [6, 6.07) is 9.46. The van der Waals surface area contributed by atoms with Crippen molar-refractivity contribution in [3.8, 4) is 0 Å². The second-order valence-corrected chi connectivity index (χ2v) is 14.2. The average Bonchev–Trinajstić information content (AvgIpc) is 3.44. The van der Waals surface area contributed by atoms with Crippen LogP contribution in [0.25, 0.3) is 16.9 Å². The number of rotatable bonds is 24. The van der Waals surface area contributed by atoms with Crippen molar-refractivity contribution < 1.29 is 4.70 Å². The van der Waals surface area contributed by atoms with Crippen LogP contribution in [0.4, 0.5) is 0 Å². The fourth-order valence-corrected chi connectivity index (χ4v) is 7.59. The lowest BCUT2D eigenvalue weighted by Gasteiger charge is -2.18. The number of unbranched alkanes of at least 4 members (excludes halogenated alkanes) is 12. The predicted molar refractivity (Wildman–Crippen MR) is 212 cm³/mol. The van der Waals surface area contributed by atoms with Gasteiger partial charge < -0.3 is 5.53 Å². The van der Waals surface area contributed by atoms with Gasteiger partial charge >= 0.3 is 0 Å². The lowest BCUT2D eigenvalue weighted by Crippen LogP contribution is -2.08. The van der Waals surface area contributed by atoms with Gasteiger partial charge in [0.2, 0.25) is 11.4 Å². The average molecular weight is 651 g/mol. The third kappa shape index (κ3) is 11.1. The minimum atomic E-state index is 0.904. The smallest absolute Gasteiger partial charge is 0.214 e. The van der Waals surface area contributed by atoms with Gasteiger partial charge in [0.1, 0.15) is 0 Å². The summed E-state index contributed by atoms with van der Waals surface area (Å²) < 4.78 is 1.51. The summed E-state index contributed by atoms with van der Waals surface area (Å²) in [7, 11) is 0. The molecule has 3 rings (SSSR count). The standard InChI is InChI=1S/C46H70N2/c1-8-15-18-19-20-21-22-23-24-25-26-27-28-40-35-45(41-31-36(11-4)43(29-16-9-2)37(12-5)32-41)48(47)46(40)42-33-38(13-6)44(30-17-10-3)39(14-7)34-42/h27-28,31-35H,8-26,29-30H2,1-7H3. The number of aryl methyl sites for hydroxylation is 4. The molecule has 0 bridgehead atoms. The Morgan fingerprint density at radius 1 is 0.521 bits per heavy atom. The van der Waals surface area contributed by atoms with Crippen LogP contribution in [0.15, 0.2) is 48.1 Å². The van der Waals surface area contributed by atoms with Crippen molar-refractivity contribution in [1.29, 1.82) is 0 Å². The monoisotopic (exact) mass is 651 g/mol. The Balaban J connectivity index is 1.91. The van der Waals surface area contributed by atoms with Crippen molar-refractivity contribution in [3.05, 3.63) is 98.1 Å². The molecular weight excluding hydrogens is 581 g/mol. The molecule has 1 aliphatic heterocycles. The van der Waals surface area contributed by atoms with Crippen LogP contribution < -0.4 is 0 Å². The quantitative estimate of drug-likeness (QED) is 0.0798. The van der Waals surface area contributed by atoms with E-state index >= 15 is 0 Å². The Labute approximate surface area is 296 Å². The van der Waals surface area contributed by atoms with Gasteiger partial charge in [0.15, 0.2) is 0 Å². The largest absolute Gasteiger partial charge is 0.493 e. The Bertz CT molecular complexity index is 1330. The van der Waals surface area contributed by atoms with Crippen LogP contribution in [0.5, 0.6) is 0 Å². The van der Waals surface area contributed by atoms with Crippen LogP contribution in [-0.4, -0.2) is 4.70 Å². The maximum atomic E-state index is 12.1. The van der Waals surface area contributed by atoms with Crippen LogP contribution in [-0.2, 0) is 38.5 Å². The summed E-state index contributed by atoms with van der Waals surface area (Å²) in [4.78, 5) is 0. The molecule has 1 heterocycles. The van der Waals surface area contributed by atoms with Gasteiger partial charge in [-0.15, -0.1) is 0 Å². The minimum Gasteiger partial charge on any atom is -0.493 e. The molecule has 48 heavy (non-hydrogen) atoms. The highest BCUT2D eigenvalue weighted by molar-refractivity contribution is 5.81. The molecule has 2 aromatic rings. The second-order valence-electron chi connectivity index (χ2n) is 14.2.